The minimum atomic E-state index is -4.34. The Labute approximate surface area is 163 Å². The molecule has 0 radical (unpaired) electrons. The fourth-order valence-electron chi connectivity index (χ4n) is 3.81. The van der Waals surface area contributed by atoms with Gasteiger partial charge in [0, 0.05) is 5.56 Å². The Morgan fingerprint density at radius 1 is 1.14 bits per heavy atom. The summed E-state index contributed by atoms with van der Waals surface area (Å²) in [6.07, 6.45) is -1.32. The number of rotatable bonds is 5. The highest BCUT2D eigenvalue weighted by Crippen LogP contribution is 2.31. The Morgan fingerprint density at radius 2 is 1.75 bits per heavy atom. The Morgan fingerprint density at radius 3 is 2.29 bits per heavy atom. The molecule has 1 aromatic carbocycles. The number of nitrogens with zero attached hydrogens (tertiary/aromatic N) is 4. The Balaban J connectivity index is 2.03. The molecule has 5 nitrogen and oxygen atoms in total. The molecule has 2 heterocycles. The number of aromatic nitrogens is 4. The molecule has 1 aromatic heterocycles. The standard InChI is InChI=1S/C20H28F3N5/c1-5-19(3,4)28-18(24-25-26-28)17(27-12-10-14(2)11-13-27)15-6-8-16(9-7-15)20(21,22)23/h6-9,14,17H,5,10-13H2,1-4H3/p+1/t17-/m0/s1. The van der Waals surface area contributed by atoms with Gasteiger partial charge in [-0.2, -0.15) is 13.2 Å². The minimum absolute atomic E-state index is 0.185. The molecule has 0 aliphatic carbocycles. The van der Waals surface area contributed by atoms with Gasteiger partial charge in [0.15, 0.2) is 6.04 Å². The van der Waals surface area contributed by atoms with E-state index in [4.69, 9.17) is 0 Å². The minimum Gasteiger partial charge on any atom is -0.322 e. The first kappa shape index (κ1) is 20.8. The van der Waals surface area contributed by atoms with E-state index < -0.39 is 11.7 Å². The van der Waals surface area contributed by atoms with Crippen LogP contribution in [0.3, 0.4) is 0 Å². The number of halogens is 3. The van der Waals surface area contributed by atoms with Gasteiger partial charge in [0.1, 0.15) is 0 Å². The van der Waals surface area contributed by atoms with E-state index in [1.54, 1.807) is 12.1 Å². The van der Waals surface area contributed by atoms with Crippen molar-refractivity contribution in [2.45, 2.75) is 64.7 Å². The average Bonchev–Trinajstić information content (AvgIpc) is 3.13. The highest BCUT2D eigenvalue weighted by atomic mass is 19.4. The first-order chi connectivity index (χ1) is 13.1. The van der Waals surface area contributed by atoms with Gasteiger partial charge in [-0.1, -0.05) is 26.0 Å². The summed E-state index contributed by atoms with van der Waals surface area (Å²) in [4.78, 5) is 1.31. The predicted octanol–water partition coefficient (Wildman–Crippen LogP) is 3.24. The SMILES string of the molecule is CCC(C)(C)n1nnnc1[C@H](c1ccc(C(F)(F)F)cc1)[NH+]1CCC(C)CC1. The molecular weight excluding hydrogens is 367 g/mol. The number of benzene rings is 1. The molecule has 1 N–H and O–H groups in total. The maximum absolute atomic E-state index is 13.0. The lowest BCUT2D eigenvalue weighted by atomic mass is 9.94. The lowest BCUT2D eigenvalue weighted by Gasteiger charge is -2.35. The van der Waals surface area contributed by atoms with E-state index in [-0.39, 0.29) is 11.6 Å². The summed E-state index contributed by atoms with van der Waals surface area (Å²) >= 11 is 0. The highest BCUT2D eigenvalue weighted by molar-refractivity contribution is 5.28. The molecule has 1 atom stereocenters. The summed E-state index contributed by atoms with van der Waals surface area (Å²) < 4.78 is 40.9. The molecule has 1 aliphatic rings. The van der Waals surface area contributed by atoms with Crippen LogP contribution in [0.2, 0.25) is 0 Å². The molecule has 0 amide bonds. The average molecular weight is 396 g/mol. The molecule has 0 spiro atoms. The molecule has 8 heteroatoms. The van der Waals surface area contributed by atoms with Gasteiger partial charge in [-0.05, 0) is 61.6 Å². The molecule has 3 rings (SSSR count). The van der Waals surface area contributed by atoms with Crippen LogP contribution in [0, 0.1) is 5.92 Å². The molecule has 0 bridgehead atoms. The van der Waals surface area contributed by atoms with E-state index in [1.165, 1.54) is 4.90 Å². The second-order valence-corrected chi connectivity index (χ2v) is 8.51. The third kappa shape index (κ3) is 4.21. The molecule has 1 saturated heterocycles. The first-order valence-corrected chi connectivity index (χ1v) is 9.94. The lowest BCUT2D eigenvalue weighted by Crippen LogP contribution is -3.13. The second-order valence-electron chi connectivity index (χ2n) is 8.51. The maximum Gasteiger partial charge on any atom is 0.416 e. The van der Waals surface area contributed by atoms with Gasteiger partial charge in [-0.25, -0.2) is 4.68 Å². The first-order valence-electron chi connectivity index (χ1n) is 9.94. The van der Waals surface area contributed by atoms with E-state index in [1.807, 2.05) is 4.68 Å². The Hall–Kier alpha value is -1.96. The zero-order chi connectivity index (χ0) is 20.5. The topological polar surface area (TPSA) is 48.0 Å². The van der Waals surface area contributed by atoms with Crippen LogP contribution >= 0.6 is 0 Å². The number of nitrogens with one attached hydrogen (secondary N) is 1. The van der Waals surface area contributed by atoms with Crippen molar-refractivity contribution in [3.05, 3.63) is 41.2 Å². The van der Waals surface area contributed by atoms with Crippen LogP contribution in [0.1, 0.15) is 70.0 Å². The van der Waals surface area contributed by atoms with Gasteiger partial charge in [0.25, 0.3) is 0 Å². The van der Waals surface area contributed by atoms with Crippen LogP contribution in [0.25, 0.3) is 0 Å². The summed E-state index contributed by atoms with van der Waals surface area (Å²) in [5.74, 6) is 1.39. The number of piperidine rings is 1. The molecule has 2 aromatic rings. The molecule has 0 saturated carbocycles. The van der Waals surface area contributed by atoms with Gasteiger partial charge in [0.05, 0.1) is 24.2 Å². The predicted molar refractivity (Wildman–Crippen MR) is 99.8 cm³/mol. The van der Waals surface area contributed by atoms with Crippen LogP contribution < -0.4 is 4.90 Å². The van der Waals surface area contributed by atoms with Crippen molar-refractivity contribution < 1.29 is 18.1 Å². The molecular formula is C20H29F3N5+. The Kier molecular flexibility index (Phi) is 5.79. The summed E-state index contributed by atoms with van der Waals surface area (Å²) in [5, 5.41) is 12.5. The second kappa shape index (κ2) is 7.81. The number of quaternary nitrogens is 1. The third-order valence-corrected chi connectivity index (χ3v) is 6.09. The monoisotopic (exact) mass is 396 g/mol. The molecule has 1 aliphatic heterocycles. The fourth-order valence-corrected chi connectivity index (χ4v) is 3.81. The third-order valence-electron chi connectivity index (χ3n) is 6.09. The number of tetrazole rings is 1. The molecule has 154 valence electrons. The summed E-state index contributed by atoms with van der Waals surface area (Å²) in [6, 6.07) is 5.30. The van der Waals surface area contributed by atoms with Gasteiger partial charge in [-0.15, -0.1) is 5.10 Å². The van der Waals surface area contributed by atoms with Crippen molar-refractivity contribution in [1.29, 1.82) is 0 Å². The van der Waals surface area contributed by atoms with Crippen molar-refractivity contribution >= 4 is 0 Å². The van der Waals surface area contributed by atoms with E-state index in [9.17, 15) is 13.2 Å². The largest absolute Gasteiger partial charge is 0.416 e. The van der Waals surface area contributed by atoms with Crippen molar-refractivity contribution in [3.8, 4) is 0 Å². The summed E-state index contributed by atoms with van der Waals surface area (Å²) in [6.45, 7) is 10.4. The summed E-state index contributed by atoms with van der Waals surface area (Å²) in [7, 11) is 0. The summed E-state index contributed by atoms with van der Waals surface area (Å²) in [5.41, 5.74) is -0.0860. The fraction of sp³-hybridized carbons (Fsp3) is 0.650. The maximum atomic E-state index is 13.0. The molecule has 0 unspecified atom stereocenters. The van der Waals surface area contributed by atoms with E-state index in [0.717, 1.165) is 55.9 Å². The smallest absolute Gasteiger partial charge is 0.322 e. The lowest BCUT2D eigenvalue weighted by molar-refractivity contribution is -0.932. The van der Waals surface area contributed by atoms with Crippen LogP contribution in [0.4, 0.5) is 13.2 Å². The van der Waals surface area contributed by atoms with Crippen molar-refractivity contribution in [3.63, 3.8) is 0 Å². The van der Waals surface area contributed by atoms with E-state index in [0.29, 0.717) is 5.92 Å². The molecule has 28 heavy (non-hydrogen) atoms. The quantitative estimate of drug-likeness (QED) is 0.844. The number of likely N-dealkylation sites (tertiary alicyclic amines) is 1. The van der Waals surface area contributed by atoms with Crippen LogP contribution in [-0.2, 0) is 11.7 Å². The van der Waals surface area contributed by atoms with Crippen LogP contribution in [-0.4, -0.2) is 33.3 Å². The Bertz CT molecular complexity index is 774. The molecule has 1 fully saturated rings. The van der Waals surface area contributed by atoms with Crippen molar-refractivity contribution in [2.24, 2.45) is 5.92 Å². The zero-order valence-electron chi connectivity index (χ0n) is 16.9. The van der Waals surface area contributed by atoms with Crippen LogP contribution in [0.15, 0.2) is 24.3 Å². The normalized spacial score (nSPS) is 22.2. The van der Waals surface area contributed by atoms with E-state index in [2.05, 4.69) is 43.2 Å². The number of hydrogen-bond donors (Lipinski definition) is 1. The number of hydrogen-bond acceptors (Lipinski definition) is 3. The zero-order valence-corrected chi connectivity index (χ0v) is 16.9. The van der Waals surface area contributed by atoms with Crippen molar-refractivity contribution in [1.82, 2.24) is 20.2 Å². The van der Waals surface area contributed by atoms with Gasteiger partial charge < -0.3 is 4.90 Å². The highest BCUT2D eigenvalue weighted by Gasteiger charge is 2.37. The van der Waals surface area contributed by atoms with Crippen LogP contribution in [0.5, 0.6) is 0 Å². The van der Waals surface area contributed by atoms with Gasteiger partial charge >= 0.3 is 6.18 Å². The van der Waals surface area contributed by atoms with Gasteiger partial charge in [0.2, 0.25) is 5.82 Å². The van der Waals surface area contributed by atoms with E-state index >= 15 is 0 Å². The van der Waals surface area contributed by atoms with Crippen molar-refractivity contribution in [2.75, 3.05) is 13.1 Å². The number of alkyl halides is 3. The van der Waals surface area contributed by atoms with Gasteiger partial charge in [-0.3, -0.25) is 0 Å².